The van der Waals surface area contributed by atoms with Gasteiger partial charge in [-0.2, -0.15) is 5.26 Å². The van der Waals surface area contributed by atoms with E-state index in [0.29, 0.717) is 11.6 Å². The summed E-state index contributed by atoms with van der Waals surface area (Å²) in [5.74, 6) is 1.71. The van der Waals surface area contributed by atoms with Gasteiger partial charge in [-0.25, -0.2) is 4.68 Å². The molecule has 0 amide bonds. The minimum atomic E-state index is 0.107. The Balaban J connectivity index is 1.38. The van der Waals surface area contributed by atoms with E-state index in [9.17, 15) is 5.26 Å². The third kappa shape index (κ3) is 4.44. The lowest BCUT2D eigenvalue weighted by Gasteiger charge is -2.34. The van der Waals surface area contributed by atoms with Crippen molar-refractivity contribution in [2.75, 3.05) is 13.1 Å². The Kier molecular flexibility index (Phi) is 6.27. The average Bonchev–Trinajstić information content (AvgIpc) is 3.54. The van der Waals surface area contributed by atoms with Gasteiger partial charge < -0.3 is 4.90 Å². The Bertz CT molecular complexity index is 1040. The molecule has 32 heavy (non-hydrogen) atoms. The van der Waals surface area contributed by atoms with Gasteiger partial charge in [-0.15, -0.1) is 5.10 Å². The summed E-state index contributed by atoms with van der Waals surface area (Å²) in [6.07, 6.45) is 8.41. The molecule has 1 saturated heterocycles. The van der Waals surface area contributed by atoms with Crippen molar-refractivity contribution < 1.29 is 4.90 Å². The highest BCUT2D eigenvalue weighted by atomic mass is 15.6. The van der Waals surface area contributed by atoms with E-state index in [4.69, 9.17) is 0 Å². The van der Waals surface area contributed by atoms with Crippen LogP contribution in [0.2, 0.25) is 0 Å². The second kappa shape index (κ2) is 9.62. The van der Waals surface area contributed by atoms with E-state index in [1.807, 2.05) is 12.1 Å². The van der Waals surface area contributed by atoms with Crippen molar-refractivity contribution >= 4 is 0 Å². The number of nitriles is 1. The number of quaternary nitrogens is 1. The zero-order chi connectivity index (χ0) is 21.8. The molecule has 1 aromatic heterocycles. The van der Waals surface area contributed by atoms with Crippen LogP contribution in [0, 0.1) is 17.2 Å². The van der Waals surface area contributed by atoms with Crippen LogP contribution in [0.3, 0.4) is 0 Å². The van der Waals surface area contributed by atoms with Gasteiger partial charge in [0.05, 0.1) is 30.8 Å². The molecule has 2 heterocycles. The molecule has 0 bridgehead atoms. The number of benzene rings is 2. The topological polar surface area (TPSA) is 71.8 Å². The van der Waals surface area contributed by atoms with Crippen LogP contribution in [0.1, 0.15) is 73.1 Å². The van der Waals surface area contributed by atoms with E-state index in [0.717, 1.165) is 44.1 Å². The summed E-state index contributed by atoms with van der Waals surface area (Å²) in [6, 6.07) is 21.7. The molecule has 0 radical (unpaired) electrons. The lowest BCUT2D eigenvalue weighted by Crippen LogP contribution is -3.13. The Hall–Kier alpha value is -3.04. The third-order valence-corrected chi connectivity index (χ3v) is 7.34. The van der Waals surface area contributed by atoms with Crippen LogP contribution in [0.15, 0.2) is 54.6 Å². The van der Waals surface area contributed by atoms with Gasteiger partial charge in [0.2, 0.25) is 5.82 Å². The van der Waals surface area contributed by atoms with Gasteiger partial charge in [0.25, 0.3) is 0 Å². The molecular formula is C26H31N6+. The zero-order valence-corrected chi connectivity index (χ0v) is 18.5. The van der Waals surface area contributed by atoms with Gasteiger partial charge in [-0.3, -0.25) is 0 Å². The van der Waals surface area contributed by atoms with Crippen LogP contribution in [-0.2, 0) is 6.42 Å². The van der Waals surface area contributed by atoms with Crippen LogP contribution in [0.5, 0.6) is 0 Å². The number of nitrogens with one attached hydrogen (secondary N) is 1. The van der Waals surface area contributed by atoms with Crippen LogP contribution >= 0.6 is 0 Å². The molecule has 1 N–H and O–H groups in total. The molecule has 2 aromatic carbocycles. The smallest absolute Gasteiger partial charge is 0.214 e. The average molecular weight is 428 g/mol. The standard InChI is InChI=1S/C26H30N6/c27-19-22-10-12-23(13-11-22)25(26-28-29-30-32(26)24-8-4-5-9-24)31-16-14-21(15-17-31)18-20-6-2-1-3-7-20/h1-3,6-7,10-13,21,24-25H,4-5,8-9,14-18H2/p+1/t25-/m1/s1. The molecule has 2 aliphatic rings. The first kappa shape index (κ1) is 20.8. The zero-order valence-electron chi connectivity index (χ0n) is 18.5. The van der Waals surface area contributed by atoms with Crippen molar-refractivity contribution in [1.82, 2.24) is 20.2 Å². The van der Waals surface area contributed by atoms with Gasteiger partial charge in [-0.05, 0) is 66.1 Å². The molecule has 6 heteroatoms. The maximum atomic E-state index is 9.25. The molecular weight excluding hydrogens is 396 g/mol. The number of hydrogen-bond acceptors (Lipinski definition) is 4. The molecule has 1 aliphatic heterocycles. The van der Waals surface area contributed by atoms with Crippen LogP contribution in [-0.4, -0.2) is 33.3 Å². The van der Waals surface area contributed by atoms with Gasteiger partial charge in [0.15, 0.2) is 6.04 Å². The summed E-state index contributed by atoms with van der Waals surface area (Å²) in [7, 11) is 0. The number of tetrazole rings is 1. The first-order chi connectivity index (χ1) is 15.8. The van der Waals surface area contributed by atoms with Crippen LogP contribution < -0.4 is 4.90 Å². The number of piperidine rings is 1. The maximum Gasteiger partial charge on any atom is 0.214 e. The molecule has 3 aromatic rings. The van der Waals surface area contributed by atoms with Crippen molar-refractivity contribution in [1.29, 1.82) is 5.26 Å². The van der Waals surface area contributed by atoms with Gasteiger partial charge in [0, 0.05) is 5.56 Å². The molecule has 2 fully saturated rings. The highest BCUT2D eigenvalue weighted by Crippen LogP contribution is 2.31. The monoisotopic (exact) mass is 427 g/mol. The molecule has 1 aliphatic carbocycles. The minimum Gasteiger partial charge on any atom is -0.322 e. The summed E-state index contributed by atoms with van der Waals surface area (Å²) >= 11 is 0. The van der Waals surface area contributed by atoms with Gasteiger partial charge >= 0.3 is 0 Å². The van der Waals surface area contributed by atoms with Gasteiger partial charge in [-0.1, -0.05) is 55.3 Å². The number of rotatable bonds is 6. The maximum absolute atomic E-state index is 9.25. The Labute approximate surface area is 189 Å². The largest absolute Gasteiger partial charge is 0.322 e. The predicted molar refractivity (Wildman–Crippen MR) is 122 cm³/mol. The van der Waals surface area contributed by atoms with Crippen molar-refractivity contribution in [3.63, 3.8) is 0 Å². The Morgan fingerprint density at radius 3 is 2.38 bits per heavy atom. The Morgan fingerprint density at radius 2 is 1.69 bits per heavy atom. The fourth-order valence-corrected chi connectivity index (χ4v) is 5.61. The van der Waals surface area contributed by atoms with Crippen molar-refractivity contribution in [3.05, 3.63) is 77.1 Å². The second-order valence-corrected chi connectivity index (χ2v) is 9.38. The number of hydrogen-bond donors (Lipinski definition) is 1. The number of aromatic nitrogens is 4. The number of nitrogens with zero attached hydrogens (tertiary/aromatic N) is 5. The molecule has 0 spiro atoms. The normalized spacial score (nSPS) is 22.5. The summed E-state index contributed by atoms with van der Waals surface area (Å²) < 4.78 is 2.11. The van der Waals surface area contributed by atoms with E-state index in [2.05, 4.69) is 68.7 Å². The molecule has 1 saturated carbocycles. The van der Waals surface area contributed by atoms with Crippen molar-refractivity contribution in [3.8, 4) is 6.07 Å². The van der Waals surface area contributed by atoms with Crippen molar-refractivity contribution in [2.45, 2.75) is 57.0 Å². The first-order valence-electron chi connectivity index (χ1n) is 12.0. The fourth-order valence-electron chi connectivity index (χ4n) is 5.61. The number of likely N-dealkylation sites (tertiary alicyclic amines) is 1. The molecule has 164 valence electrons. The fraction of sp³-hybridized carbons (Fsp3) is 0.462. The highest BCUT2D eigenvalue weighted by Gasteiger charge is 2.36. The van der Waals surface area contributed by atoms with E-state index in [-0.39, 0.29) is 6.04 Å². The molecule has 0 unspecified atom stereocenters. The molecule has 6 nitrogen and oxygen atoms in total. The van der Waals surface area contributed by atoms with Crippen molar-refractivity contribution in [2.24, 2.45) is 5.92 Å². The predicted octanol–water partition coefficient (Wildman–Crippen LogP) is 3.29. The highest BCUT2D eigenvalue weighted by molar-refractivity contribution is 5.34. The summed E-state index contributed by atoms with van der Waals surface area (Å²) in [5.41, 5.74) is 3.34. The Morgan fingerprint density at radius 1 is 0.969 bits per heavy atom. The molecule has 1 atom stereocenters. The second-order valence-electron chi connectivity index (χ2n) is 9.38. The quantitative estimate of drug-likeness (QED) is 0.655. The van der Waals surface area contributed by atoms with E-state index in [1.165, 1.54) is 41.7 Å². The third-order valence-electron chi connectivity index (χ3n) is 7.34. The SMILES string of the molecule is N#Cc1ccc([C@H](c2nnnn2C2CCCC2)[NH+]2CCC(Cc3ccccc3)CC2)cc1. The lowest BCUT2D eigenvalue weighted by atomic mass is 9.88. The van der Waals surface area contributed by atoms with E-state index < -0.39 is 0 Å². The lowest BCUT2D eigenvalue weighted by molar-refractivity contribution is -0.932. The van der Waals surface area contributed by atoms with Crippen LogP contribution in [0.25, 0.3) is 0 Å². The summed E-state index contributed by atoms with van der Waals surface area (Å²) in [5, 5.41) is 22.3. The van der Waals surface area contributed by atoms with E-state index >= 15 is 0 Å². The molecule has 5 rings (SSSR count). The summed E-state index contributed by atoms with van der Waals surface area (Å²) in [6.45, 7) is 2.22. The minimum absolute atomic E-state index is 0.107. The van der Waals surface area contributed by atoms with Gasteiger partial charge in [0.1, 0.15) is 0 Å². The first-order valence-corrected chi connectivity index (χ1v) is 12.0. The summed E-state index contributed by atoms with van der Waals surface area (Å²) in [4.78, 5) is 1.54. The van der Waals surface area contributed by atoms with E-state index in [1.54, 1.807) is 0 Å². The van der Waals surface area contributed by atoms with Crippen LogP contribution in [0.4, 0.5) is 0 Å².